The maximum Gasteiger partial charge on any atom is 0.342 e. The van der Waals surface area contributed by atoms with Crippen LogP contribution in [0.1, 0.15) is 0 Å². The van der Waals surface area contributed by atoms with Gasteiger partial charge in [0.15, 0.2) is 0 Å². The monoisotopic (exact) mass is 134 g/mol. The quantitative estimate of drug-likeness (QED) is 0.283. The molecule has 5 nitrogen and oxygen atoms in total. The zero-order valence-electron chi connectivity index (χ0n) is 4.42. The Bertz CT molecular complexity index is 131. The zero-order chi connectivity index (χ0) is 6.73. The Morgan fingerprint density at radius 3 is 1.33 bits per heavy atom. The van der Waals surface area contributed by atoms with Crippen molar-refractivity contribution >= 4 is 11.9 Å². The molecule has 0 rings (SSSR count). The summed E-state index contributed by atoms with van der Waals surface area (Å²) < 4.78 is 0. The normalized spacial score (nSPS) is 7.11. The van der Waals surface area contributed by atoms with Gasteiger partial charge in [-0.25, -0.2) is 9.59 Å². The smallest absolute Gasteiger partial charge is 0.342 e. The van der Waals surface area contributed by atoms with E-state index in [1.807, 2.05) is 0 Å². The van der Waals surface area contributed by atoms with Crippen LogP contribution in [0.2, 0.25) is 0 Å². The van der Waals surface area contributed by atoms with Gasteiger partial charge in [-0.3, -0.25) is 0 Å². The summed E-state index contributed by atoms with van der Waals surface area (Å²) >= 11 is 0. The van der Waals surface area contributed by atoms with Crippen LogP contribution in [0.25, 0.3) is 0 Å². The van der Waals surface area contributed by atoms with Gasteiger partial charge in [0.25, 0.3) is 0 Å². The fourth-order valence-electron chi connectivity index (χ4n) is 0.0915. The minimum Gasteiger partial charge on any atom is -0.477 e. The van der Waals surface area contributed by atoms with Gasteiger partial charge >= 0.3 is 11.9 Å². The van der Waals surface area contributed by atoms with Gasteiger partial charge in [0.2, 0.25) is 0 Å². The lowest BCUT2D eigenvalue weighted by Crippen LogP contribution is -2.08. The standard InChI is InChI=1S/C4H4O4.H2O/c1-2(3(5)6)4(7)8;/h1H2,(H,5,6)(H,7,8);1H2. The number of carbonyl (C=O) groups is 2. The van der Waals surface area contributed by atoms with Crippen LogP contribution in [0.4, 0.5) is 0 Å². The van der Waals surface area contributed by atoms with Crippen molar-refractivity contribution in [3.8, 4) is 0 Å². The van der Waals surface area contributed by atoms with Gasteiger partial charge in [0, 0.05) is 0 Å². The Hall–Kier alpha value is -1.36. The summed E-state index contributed by atoms with van der Waals surface area (Å²) in [5, 5.41) is 15.7. The van der Waals surface area contributed by atoms with Crippen LogP contribution in [-0.4, -0.2) is 27.6 Å². The first-order chi connectivity index (χ1) is 3.55. The number of hydrogen-bond donors (Lipinski definition) is 2. The molecule has 0 amide bonds. The van der Waals surface area contributed by atoms with Gasteiger partial charge in [-0.05, 0) is 0 Å². The van der Waals surface area contributed by atoms with Crippen molar-refractivity contribution in [1.29, 1.82) is 0 Å². The third-order valence-electron chi connectivity index (χ3n) is 0.516. The third kappa shape index (κ3) is 3.24. The molecule has 0 atom stereocenters. The Kier molecular flexibility index (Phi) is 4.26. The summed E-state index contributed by atoms with van der Waals surface area (Å²) in [7, 11) is 0. The van der Waals surface area contributed by atoms with Crippen LogP contribution in [0, 0.1) is 0 Å². The number of hydrogen-bond acceptors (Lipinski definition) is 2. The fourth-order valence-corrected chi connectivity index (χ4v) is 0.0915. The summed E-state index contributed by atoms with van der Waals surface area (Å²) in [4.78, 5) is 19.3. The van der Waals surface area contributed by atoms with E-state index in [2.05, 4.69) is 6.58 Å². The number of carboxylic acids is 2. The highest BCUT2D eigenvalue weighted by atomic mass is 16.4. The number of rotatable bonds is 2. The average Bonchev–Trinajstić information content (AvgIpc) is 1.64. The van der Waals surface area contributed by atoms with E-state index in [0.717, 1.165) is 0 Å². The molecule has 0 aromatic rings. The summed E-state index contributed by atoms with van der Waals surface area (Å²) in [5.41, 5.74) is -0.815. The van der Waals surface area contributed by atoms with Crippen LogP contribution >= 0.6 is 0 Å². The first-order valence-electron chi connectivity index (χ1n) is 1.71. The Morgan fingerprint density at radius 1 is 1.11 bits per heavy atom. The van der Waals surface area contributed by atoms with Gasteiger partial charge in [-0.1, -0.05) is 6.58 Å². The molecule has 52 valence electrons. The number of carboxylic acid groups (broad SMARTS) is 2. The van der Waals surface area contributed by atoms with Crippen molar-refractivity contribution in [2.45, 2.75) is 0 Å². The Morgan fingerprint density at radius 2 is 1.33 bits per heavy atom. The second-order valence-electron chi connectivity index (χ2n) is 1.09. The zero-order valence-corrected chi connectivity index (χ0v) is 4.42. The largest absolute Gasteiger partial charge is 0.477 e. The molecule has 9 heavy (non-hydrogen) atoms. The highest BCUT2D eigenvalue weighted by molar-refractivity contribution is 6.11. The van der Waals surface area contributed by atoms with Crippen molar-refractivity contribution in [1.82, 2.24) is 0 Å². The molecular weight excluding hydrogens is 128 g/mol. The molecule has 0 unspecified atom stereocenters. The maximum absolute atomic E-state index is 9.66. The highest BCUT2D eigenvalue weighted by Crippen LogP contribution is 1.86. The molecule has 0 aromatic heterocycles. The predicted molar refractivity (Wildman–Crippen MR) is 28.0 cm³/mol. The van der Waals surface area contributed by atoms with Crippen molar-refractivity contribution in [3.63, 3.8) is 0 Å². The van der Waals surface area contributed by atoms with Crippen LogP contribution in [0.5, 0.6) is 0 Å². The average molecular weight is 134 g/mol. The van der Waals surface area contributed by atoms with Gasteiger partial charge < -0.3 is 15.7 Å². The lowest BCUT2D eigenvalue weighted by Gasteiger charge is -1.86. The minimum absolute atomic E-state index is 0. The Balaban J connectivity index is 0. The fraction of sp³-hybridized carbons (Fsp3) is 0. The van der Waals surface area contributed by atoms with Crippen LogP contribution < -0.4 is 0 Å². The molecule has 0 bridgehead atoms. The summed E-state index contributed by atoms with van der Waals surface area (Å²) in [5.74, 6) is -3.00. The highest BCUT2D eigenvalue weighted by Gasteiger charge is 2.10. The van der Waals surface area contributed by atoms with E-state index in [9.17, 15) is 9.59 Å². The summed E-state index contributed by atoms with van der Waals surface area (Å²) in [6.45, 7) is 2.75. The first-order valence-corrected chi connectivity index (χ1v) is 1.71. The molecule has 0 aliphatic heterocycles. The predicted octanol–water partition coefficient (Wildman–Crippen LogP) is -1.11. The molecule has 0 heterocycles. The molecule has 0 aromatic carbocycles. The molecule has 0 fully saturated rings. The molecule has 0 aliphatic carbocycles. The number of aliphatic carboxylic acids is 2. The lowest BCUT2D eigenvalue weighted by molar-refractivity contribution is -0.140. The van der Waals surface area contributed by atoms with Gasteiger partial charge in [0.05, 0.1) is 0 Å². The minimum atomic E-state index is -1.50. The van der Waals surface area contributed by atoms with E-state index < -0.39 is 17.5 Å². The summed E-state index contributed by atoms with van der Waals surface area (Å²) in [6.07, 6.45) is 0. The van der Waals surface area contributed by atoms with Gasteiger partial charge in [-0.15, -0.1) is 0 Å². The van der Waals surface area contributed by atoms with Crippen LogP contribution in [0.15, 0.2) is 12.2 Å². The van der Waals surface area contributed by atoms with E-state index in [-0.39, 0.29) is 5.48 Å². The molecule has 4 N–H and O–H groups in total. The molecule has 0 aliphatic rings. The molecule has 5 heteroatoms. The third-order valence-corrected chi connectivity index (χ3v) is 0.516. The van der Waals surface area contributed by atoms with Crippen molar-refractivity contribution in [3.05, 3.63) is 12.2 Å². The van der Waals surface area contributed by atoms with Crippen molar-refractivity contribution in [2.24, 2.45) is 0 Å². The Labute approximate surface area is 50.5 Å². The molecular formula is C4H6O5. The van der Waals surface area contributed by atoms with Crippen molar-refractivity contribution in [2.75, 3.05) is 0 Å². The first kappa shape index (κ1) is 10.6. The maximum atomic E-state index is 9.66. The molecule has 0 radical (unpaired) electrons. The second kappa shape index (κ2) is 3.62. The molecule has 0 saturated heterocycles. The van der Waals surface area contributed by atoms with E-state index in [1.165, 1.54) is 0 Å². The molecule has 0 spiro atoms. The van der Waals surface area contributed by atoms with Crippen molar-refractivity contribution < 1.29 is 25.3 Å². The SMILES string of the molecule is C=C(C(=O)O)C(=O)O.O. The van der Waals surface area contributed by atoms with E-state index in [4.69, 9.17) is 10.2 Å². The van der Waals surface area contributed by atoms with Crippen LogP contribution in [0.3, 0.4) is 0 Å². The summed E-state index contributed by atoms with van der Waals surface area (Å²) in [6, 6.07) is 0. The van der Waals surface area contributed by atoms with Gasteiger partial charge in [0.1, 0.15) is 5.57 Å². The van der Waals surface area contributed by atoms with E-state index >= 15 is 0 Å². The van der Waals surface area contributed by atoms with Crippen LogP contribution in [-0.2, 0) is 9.59 Å². The van der Waals surface area contributed by atoms with E-state index in [0.29, 0.717) is 0 Å². The topological polar surface area (TPSA) is 106 Å². The second-order valence-corrected chi connectivity index (χ2v) is 1.09. The lowest BCUT2D eigenvalue weighted by atomic mass is 10.3. The molecule has 0 saturated carbocycles. The van der Waals surface area contributed by atoms with Gasteiger partial charge in [-0.2, -0.15) is 0 Å². The van der Waals surface area contributed by atoms with E-state index in [1.54, 1.807) is 0 Å².